The van der Waals surface area contributed by atoms with Gasteiger partial charge in [-0.3, -0.25) is 14.4 Å². The summed E-state index contributed by atoms with van der Waals surface area (Å²) in [5, 5.41) is 0. The fraction of sp³-hybridized carbons (Fsp3) is 0.716. The Labute approximate surface area is 451 Å². The zero-order valence-corrected chi connectivity index (χ0v) is 47.9. The molecule has 0 aromatic carbocycles. The molecule has 0 radical (unpaired) electrons. The second-order valence-corrected chi connectivity index (χ2v) is 20.2. The SMILES string of the molecule is CC/C=C\C/C=C\C/C=C\C/C=C\C/C=C\CCCCCC(=O)OC[C@H](COC(=O)CCCCCCC/C=C\C/C=C\C/C=C\CC)OC(=O)CCCCCCCCCCCCCCCCCCCCCCC. The summed E-state index contributed by atoms with van der Waals surface area (Å²) in [6.07, 6.45) is 81.2. The third-order valence-corrected chi connectivity index (χ3v) is 13.1. The Bertz CT molecular complexity index is 1440. The van der Waals surface area contributed by atoms with Gasteiger partial charge in [0.15, 0.2) is 6.10 Å². The molecule has 0 saturated heterocycles. The van der Waals surface area contributed by atoms with Crippen LogP contribution >= 0.6 is 0 Å². The van der Waals surface area contributed by atoms with Crippen molar-refractivity contribution < 1.29 is 28.6 Å². The second kappa shape index (κ2) is 60.9. The minimum Gasteiger partial charge on any atom is -0.462 e. The van der Waals surface area contributed by atoms with Gasteiger partial charge in [0, 0.05) is 19.3 Å². The molecule has 0 aliphatic rings. The van der Waals surface area contributed by atoms with Crippen molar-refractivity contribution in [2.24, 2.45) is 0 Å². The first-order valence-electron chi connectivity index (χ1n) is 30.7. The number of rotatable bonds is 55. The Morgan fingerprint density at radius 1 is 0.288 bits per heavy atom. The van der Waals surface area contributed by atoms with E-state index in [4.69, 9.17) is 14.2 Å². The van der Waals surface area contributed by atoms with Gasteiger partial charge in [0.25, 0.3) is 0 Å². The number of carbonyl (C=O) groups excluding carboxylic acids is 3. The van der Waals surface area contributed by atoms with Gasteiger partial charge in [-0.2, -0.15) is 0 Å². The van der Waals surface area contributed by atoms with Crippen LogP contribution < -0.4 is 0 Å². The molecule has 73 heavy (non-hydrogen) atoms. The van der Waals surface area contributed by atoms with E-state index in [0.29, 0.717) is 19.3 Å². The van der Waals surface area contributed by atoms with Crippen molar-refractivity contribution >= 4 is 17.9 Å². The van der Waals surface area contributed by atoms with Gasteiger partial charge in [-0.05, 0) is 96.3 Å². The zero-order chi connectivity index (χ0) is 52.9. The number of hydrogen-bond donors (Lipinski definition) is 0. The van der Waals surface area contributed by atoms with E-state index in [1.165, 1.54) is 116 Å². The summed E-state index contributed by atoms with van der Waals surface area (Å²) < 4.78 is 16.9. The summed E-state index contributed by atoms with van der Waals surface area (Å²) >= 11 is 0. The molecule has 0 unspecified atom stereocenters. The fourth-order valence-electron chi connectivity index (χ4n) is 8.54. The molecule has 0 aliphatic heterocycles. The predicted molar refractivity (Wildman–Crippen MR) is 316 cm³/mol. The van der Waals surface area contributed by atoms with Crippen LogP contribution in [0.1, 0.15) is 290 Å². The maximum atomic E-state index is 12.9. The minimum atomic E-state index is -0.799. The lowest BCUT2D eigenvalue weighted by Crippen LogP contribution is -2.30. The number of hydrogen-bond acceptors (Lipinski definition) is 6. The van der Waals surface area contributed by atoms with E-state index in [0.717, 1.165) is 135 Å². The Kier molecular flexibility index (Phi) is 57.8. The van der Waals surface area contributed by atoms with Crippen molar-refractivity contribution in [2.75, 3.05) is 13.2 Å². The molecule has 6 heteroatoms. The Morgan fingerprint density at radius 3 is 0.849 bits per heavy atom. The van der Waals surface area contributed by atoms with E-state index >= 15 is 0 Å². The van der Waals surface area contributed by atoms with Crippen LogP contribution in [0.3, 0.4) is 0 Å². The van der Waals surface area contributed by atoms with Crippen molar-refractivity contribution in [3.8, 4) is 0 Å². The molecule has 0 amide bonds. The number of ether oxygens (including phenoxy) is 3. The van der Waals surface area contributed by atoms with E-state index in [1.54, 1.807) is 0 Å². The summed E-state index contributed by atoms with van der Waals surface area (Å²) in [5.41, 5.74) is 0. The normalized spacial score (nSPS) is 12.8. The number of esters is 3. The number of allylic oxidation sites excluding steroid dienone is 16. The molecule has 0 saturated carbocycles. The summed E-state index contributed by atoms with van der Waals surface area (Å²) in [7, 11) is 0. The van der Waals surface area contributed by atoms with Gasteiger partial charge >= 0.3 is 17.9 Å². The van der Waals surface area contributed by atoms with Crippen LogP contribution in [0.15, 0.2) is 97.2 Å². The molecule has 0 spiro atoms. The largest absolute Gasteiger partial charge is 0.462 e. The van der Waals surface area contributed by atoms with Crippen LogP contribution in [0.4, 0.5) is 0 Å². The van der Waals surface area contributed by atoms with Gasteiger partial charge in [-0.1, -0.05) is 272 Å². The minimum absolute atomic E-state index is 0.0959. The monoisotopic (exact) mass is 1010 g/mol. The topological polar surface area (TPSA) is 78.9 Å². The average molecular weight is 1020 g/mol. The summed E-state index contributed by atoms with van der Waals surface area (Å²) in [4.78, 5) is 38.3. The zero-order valence-electron chi connectivity index (χ0n) is 47.9. The number of unbranched alkanes of at least 4 members (excludes halogenated alkanes) is 28. The third-order valence-electron chi connectivity index (χ3n) is 13.1. The van der Waals surface area contributed by atoms with Crippen molar-refractivity contribution in [2.45, 2.75) is 297 Å². The van der Waals surface area contributed by atoms with Gasteiger partial charge in [0.05, 0.1) is 0 Å². The first-order valence-corrected chi connectivity index (χ1v) is 30.7. The van der Waals surface area contributed by atoms with E-state index in [1.807, 2.05) is 0 Å². The summed E-state index contributed by atoms with van der Waals surface area (Å²) in [6, 6.07) is 0. The van der Waals surface area contributed by atoms with Gasteiger partial charge in [-0.25, -0.2) is 0 Å². The molecule has 0 fully saturated rings. The maximum absolute atomic E-state index is 12.9. The highest BCUT2D eigenvalue weighted by molar-refractivity contribution is 5.71. The lowest BCUT2D eigenvalue weighted by Gasteiger charge is -2.18. The molecule has 0 rings (SSSR count). The molecule has 1 atom stereocenters. The van der Waals surface area contributed by atoms with E-state index in [9.17, 15) is 14.4 Å². The molecule has 0 aliphatic carbocycles. The lowest BCUT2D eigenvalue weighted by molar-refractivity contribution is -0.167. The molecule has 0 aromatic heterocycles. The highest BCUT2D eigenvalue weighted by atomic mass is 16.6. The smallest absolute Gasteiger partial charge is 0.306 e. The van der Waals surface area contributed by atoms with Crippen molar-refractivity contribution in [3.63, 3.8) is 0 Å². The fourth-order valence-corrected chi connectivity index (χ4v) is 8.54. The van der Waals surface area contributed by atoms with Gasteiger partial charge in [0.1, 0.15) is 13.2 Å². The van der Waals surface area contributed by atoms with Gasteiger partial charge in [0.2, 0.25) is 0 Å². The Morgan fingerprint density at radius 2 is 0.534 bits per heavy atom. The predicted octanol–water partition coefficient (Wildman–Crippen LogP) is 20.9. The van der Waals surface area contributed by atoms with Crippen molar-refractivity contribution in [1.29, 1.82) is 0 Å². The van der Waals surface area contributed by atoms with E-state index < -0.39 is 6.10 Å². The molecular weight excluding hydrogens is 901 g/mol. The highest BCUT2D eigenvalue weighted by Gasteiger charge is 2.19. The lowest BCUT2D eigenvalue weighted by atomic mass is 10.0. The molecule has 6 nitrogen and oxygen atoms in total. The Hall–Kier alpha value is -3.67. The molecular formula is C67H114O6. The number of carbonyl (C=O) groups is 3. The summed E-state index contributed by atoms with van der Waals surface area (Å²) in [6.45, 7) is 6.40. The maximum Gasteiger partial charge on any atom is 0.306 e. The van der Waals surface area contributed by atoms with Crippen LogP contribution in [-0.4, -0.2) is 37.2 Å². The second-order valence-electron chi connectivity index (χ2n) is 20.2. The van der Waals surface area contributed by atoms with E-state index in [-0.39, 0.29) is 31.1 Å². The highest BCUT2D eigenvalue weighted by Crippen LogP contribution is 2.16. The van der Waals surface area contributed by atoms with Crippen LogP contribution in [-0.2, 0) is 28.6 Å². The van der Waals surface area contributed by atoms with Crippen molar-refractivity contribution in [1.82, 2.24) is 0 Å². The quantitative estimate of drug-likeness (QED) is 0.0261. The van der Waals surface area contributed by atoms with Gasteiger partial charge in [-0.15, -0.1) is 0 Å². The van der Waals surface area contributed by atoms with Crippen LogP contribution in [0.2, 0.25) is 0 Å². The first-order chi connectivity index (χ1) is 36.0. The van der Waals surface area contributed by atoms with Gasteiger partial charge < -0.3 is 14.2 Å². The third kappa shape index (κ3) is 59.1. The van der Waals surface area contributed by atoms with Crippen LogP contribution in [0.5, 0.6) is 0 Å². The molecule has 0 heterocycles. The molecule has 0 aromatic rings. The first kappa shape index (κ1) is 69.3. The van der Waals surface area contributed by atoms with E-state index in [2.05, 4.69) is 118 Å². The standard InChI is InChI=1S/C67H114O6/c1-4-7-10-13-16-19-22-25-28-30-32-33-35-37-40-43-46-49-52-55-58-61-67(70)73-64(62-71-65(68)59-56-53-50-47-44-41-38-27-24-21-18-15-12-9-6-3)63-72-66(69)60-57-54-51-48-45-42-39-36-34-31-29-26-23-20-17-14-11-8-5-2/h8-9,11-12,17-18,20-21,26-27,29,34,36,38,42,45,64H,4-7,10,13-16,19,22-25,28,30-33,35,37,39-41,43-44,46-63H2,1-3H3/b11-8-,12-9-,20-17-,21-18-,29-26-,36-34-,38-27-,45-42-/t64-/m0/s1. The van der Waals surface area contributed by atoms with Crippen LogP contribution in [0, 0.1) is 0 Å². The summed E-state index contributed by atoms with van der Waals surface area (Å²) in [5.74, 6) is -0.934. The average Bonchev–Trinajstić information content (AvgIpc) is 3.39. The molecule has 418 valence electrons. The molecule has 0 N–H and O–H groups in total. The van der Waals surface area contributed by atoms with Crippen LogP contribution in [0.25, 0.3) is 0 Å². The van der Waals surface area contributed by atoms with Crippen molar-refractivity contribution in [3.05, 3.63) is 97.2 Å². The molecule has 0 bridgehead atoms. The Balaban J connectivity index is 4.42.